The average molecular weight is 347 g/mol. The van der Waals surface area contributed by atoms with Crippen molar-refractivity contribution in [1.29, 1.82) is 0 Å². The Hall–Kier alpha value is -1.59. The van der Waals surface area contributed by atoms with E-state index in [0.29, 0.717) is 11.4 Å². The molecule has 0 radical (unpaired) electrons. The van der Waals surface area contributed by atoms with Crippen LogP contribution in [0, 0.1) is 0 Å². The van der Waals surface area contributed by atoms with Crippen LogP contribution in [0.5, 0.6) is 5.75 Å². The van der Waals surface area contributed by atoms with Crippen molar-refractivity contribution in [2.45, 2.75) is 10.4 Å². The van der Waals surface area contributed by atoms with Gasteiger partial charge in [0.15, 0.2) is 0 Å². The summed E-state index contributed by atoms with van der Waals surface area (Å²) in [4.78, 5) is 0.0629. The summed E-state index contributed by atoms with van der Waals surface area (Å²) in [5, 5.41) is 2.70. The van der Waals surface area contributed by atoms with E-state index in [1.54, 1.807) is 30.3 Å². The van der Waals surface area contributed by atoms with Crippen LogP contribution >= 0.6 is 19.3 Å². The molecule has 0 aromatic heterocycles. The van der Waals surface area contributed by atoms with Crippen LogP contribution in [-0.2, 0) is 4.57 Å². The standard InChI is InChI=1S/C14H13F3NO2PS/c1-21(19,20-12-5-3-2-4-6-12)18-11-7-9-13(10-8-11)22-14(15,16)17/h2-10H,1H3,(H,18,19)/t21-/m0/s1. The van der Waals surface area contributed by atoms with E-state index in [1.165, 1.54) is 30.9 Å². The second-order valence-corrected chi connectivity index (χ2v) is 7.67. The maximum atomic E-state index is 12.3. The highest BCUT2D eigenvalue weighted by Crippen LogP contribution is 2.44. The number of hydrogen-bond acceptors (Lipinski definition) is 3. The van der Waals surface area contributed by atoms with Gasteiger partial charge in [0, 0.05) is 17.2 Å². The van der Waals surface area contributed by atoms with Crippen molar-refractivity contribution in [3.8, 4) is 5.75 Å². The quantitative estimate of drug-likeness (QED) is 0.563. The Balaban J connectivity index is 2.02. The molecule has 0 aliphatic carbocycles. The van der Waals surface area contributed by atoms with Crippen LogP contribution in [0.25, 0.3) is 0 Å². The highest BCUT2D eigenvalue weighted by atomic mass is 32.2. The van der Waals surface area contributed by atoms with Gasteiger partial charge < -0.3 is 9.61 Å². The first-order valence-electron chi connectivity index (χ1n) is 6.20. The van der Waals surface area contributed by atoms with Gasteiger partial charge in [-0.15, -0.1) is 0 Å². The van der Waals surface area contributed by atoms with Crippen molar-refractivity contribution in [1.82, 2.24) is 0 Å². The number of nitrogens with one attached hydrogen (secondary N) is 1. The molecule has 22 heavy (non-hydrogen) atoms. The third kappa shape index (κ3) is 5.66. The third-order valence-electron chi connectivity index (χ3n) is 2.44. The van der Waals surface area contributed by atoms with E-state index in [4.69, 9.17) is 4.52 Å². The summed E-state index contributed by atoms with van der Waals surface area (Å²) in [7, 11) is -3.17. The highest BCUT2D eigenvalue weighted by Gasteiger charge is 2.29. The number of halogens is 3. The summed E-state index contributed by atoms with van der Waals surface area (Å²) >= 11 is -0.198. The van der Waals surface area contributed by atoms with Crippen molar-refractivity contribution >= 4 is 25.0 Å². The molecule has 3 nitrogen and oxygen atoms in total. The van der Waals surface area contributed by atoms with E-state index in [9.17, 15) is 17.7 Å². The SMILES string of the molecule is C[P@@](=O)(Nc1ccc(SC(F)(F)F)cc1)Oc1ccccc1. The van der Waals surface area contributed by atoms with Crippen molar-refractivity contribution in [3.05, 3.63) is 54.6 Å². The van der Waals surface area contributed by atoms with Gasteiger partial charge in [0.05, 0.1) is 0 Å². The van der Waals surface area contributed by atoms with Gasteiger partial charge in [-0.25, -0.2) is 0 Å². The lowest BCUT2D eigenvalue weighted by atomic mass is 10.3. The van der Waals surface area contributed by atoms with Gasteiger partial charge in [-0.2, -0.15) is 13.2 Å². The summed E-state index contributed by atoms with van der Waals surface area (Å²) in [5.74, 6) is 0.449. The molecule has 0 saturated heterocycles. The van der Waals surface area contributed by atoms with Gasteiger partial charge in [-0.3, -0.25) is 4.57 Å². The Kier molecular flexibility index (Phi) is 5.08. The van der Waals surface area contributed by atoms with Gasteiger partial charge in [0.25, 0.3) is 0 Å². The van der Waals surface area contributed by atoms with Crippen molar-refractivity contribution < 1.29 is 22.3 Å². The number of benzene rings is 2. The van der Waals surface area contributed by atoms with Crippen LogP contribution < -0.4 is 9.61 Å². The smallest absolute Gasteiger partial charge is 0.429 e. The molecule has 0 saturated carbocycles. The van der Waals surface area contributed by atoms with Crippen molar-refractivity contribution in [3.63, 3.8) is 0 Å². The molecule has 0 aliphatic heterocycles. The number of rotatable bonds is 5. The number of hydrogen-bond donors (Lipinski definition) is 1. The Morgan fingerprint density at radius 2 is 1.64 bits per heavy atom. The van der Waals surface area contributed by atoms with Gasteiger partial charge >= 0.3 is 13.0 Å². The highest BCUT2D eigenvalue weighted by molar-refractivity contribution is 8.00. The molecule has 1 atom stereocenters. The Bertz CT molecular complexity index is 662. The summed E-state index contributed by atoms with van der Waals surface area (Å²) in [6.45, 7) is 1.40. The molecule has 0 aliphatic rings. The van der Waals surface area contributed by atoms with E-state index in [-0.39, 0.29) is 16.7 Å². The summed E-state index contributed by atoms with van der Waals surface area (Å²) < 4.78 is 54.4. The normalized spacial score (nSPS) is 14.2. The van der Waals surface area contributed by atoms with Gasteiger partial charge in [-0.1, -0.05) is 18.2 Å². The minimum atomic E-state index is -4.33. The number of para-hydroxylation sites is 1. The first-order valence-corrected chi connectivity index (χ1v) is 9.09. The summed E-state index contributed by atoms with van der Waals surface area (Å²) in [6, 6.07) is 14.1. The minimum absolute atomic E-state index is 0.0629. The maximum absolute atomic E-state index is 12.3. The van der Waals surface area contributed by atoms with Crippen LogP contribution in [0.4, 0.5) is 18.9 Å². The van der Waals surface area contributed by atoms with Crippen LogP contribution in [0.2, 0.25) is 0 Å². The molecule has 1 N–H and O–H groups in total. The topological polar surface area (TPSA) is 38.3 Å². The summed E-state index contributed by atoms with van der Waals surface area (Å²) in [5.41, 5.74) is -3.90. The molecule has 2 aromatic rings. The molecule has 0 spiro atoms. The molecular formula is C14H13F3NO2PS. The lowest BCUT2D eigenvalue weighted by Crippen LogP contribution is -2.02. The number of thioether (sulfide) groups is 1. The molecule has 0 fully saturated rings. The van der Waals surface area contributed by atoms with Crippen LogP contribution in [0.3, 0.4) is 0 Å². The molecular weight excluding hydrogens is 334 g/mol. The fourth-order valence-electron chi connectivity index (χ4n) is 1.67. The molecule has 2 rings (SSSR count). The van der Waals surface area contributed by atoms with Crippen LogP contribution in [-0.4, -0.2) is 12.2 Å². The van der Waals surface area contributed by atoms with E-state index in [1.807, 2.05) is 0 Å². The fraction of sp³-hybridized carbons (Fsp3) is 0.143. The van der Waals surface area contributed by atoms with E-state index in [0.717, 1.165) is 0 Å². The molecule has 2 aromatic carbocycles. The Morgan fingerprint density at radius 3 is 2.18 bits per heavy atom. The average Bonchev–Trinajstić information content (AvgIpc) is 2.39. The number of alkyl halides is 3. The van der Waals surface area contributed by atoms with Gasteiger partial charge in [0.2, 0.25) is 0 Å². The molecule has 0 bridgehead atoms. The monoisotopic (exact) mass is 347 g/mol. The number of anilines is 1. The molecule has 0 unspecified atom stereocenters. The van der Waals surface area contributed by atoms with E-state index < -0.39 is 13.0 Å². The zero-order valence-corrected chi connectivity index (χ0v) is 13.2. The van der Waals surface area contributed by atoms with E-state index in [2.05, 4.69) is 5.09 Å². The second kappa shape index (κ2) is 6.67. The third-order valence-corrected chi connectivity index (χ3v) is 4.41. The molecule has 8 heteroatoms. The first kappa shape index (κ1) is 16.8. The zero-order valence-electron chi connectivity index (χ0n) is 11.5. The predicted octanol–water partition coefficient (Wildman–Crippen LogP) is 5.61. The zero-order chi connectivity index (χ0) is 16.2. The van der Waals surface area contributed by atoms with Gasteiger partial charge in [-0.05, 0) is 48.2 Å². The van der Waals surface area contributed by atoms with Gasteiger partial charge in [0.1, 0.15) is 5.75 Å². The van der Waals surface area contributed by atoms with Crippen molar-refractivity contribution in [2.75, 3.05) is 11.8 Å². The molecule has 118 valence electrons. The lowest BCUT2D eigenvalue weighted by Gasteiger charge is -2.17. The van der Waals surface area contributed by atoms with E-state index >= 15 is 0 Å². The second-order valence-electron chi connectivity index (χ2n) is 4.43. The molecule has 0 heterocycles. The van der Waals surface area contributed by atoms with Crippen LogP contribution in [0.15, 0.2) is 59.5 Å². The maximum Gasteiger partial charge on any atom is 0.446 e. The molecule has 0 amide bonds. The predicted molar refractivity (Wildman–Crippen MR) is 82.6 cm³/mol. The van der Waals surface area contributed by atoms with Crippen LogP contribution in [0.1, 0.15) is 0 Å². The lowest BCUT2D eigenvalue weighted by molar-refractivity contribution is -0.0328. The Labute approximate surface area is 130 Å². The van der Waals surface area contributed by atoms with Crippen molar-refractivity contribution in [2.24, 2.45) is 0 Å². The first-order chi connectivity index (χ1) is 10.2. The fourth-order valence-corrected chi connectivity index (χ4v) is 3.40. The Morgan fingerprint density at radius 1 is 1.05 bits per heavy atom. The largest absolute Gasteiger partial charge is 0.446 e. The summed E-state index contributed by atoms with van der Waals surface area (Å²) in [6.07, 6.45) is 0. The minimum Gasteiger partial charge on any atom is -0.429 e.